The van der Waals surface area contributed by atoms with Crippen molar-refractivity contribution in [3.8, 4) is 5.69 Å². The monoisotopic (exact) mass is 428 g/mol. The lowest BCUT2D eigenvalue weighted by Crippen LogP contribution is -2.33. The van der Waals surface area contributed by atoms with Crippen molar-refractivity contribution < 1.29 is 13.2 Å². The molecule has 0 radical (unpaired) electrons. The van der Waals surface area contributed by atoms with E-state index in [0.717, 1.165) is 37.3 Å². The number of benzene rings is 2. The number of hydrogen-bond donors (Lipinski definition) is 1. The van der Waals surface area contributed by atoms with Gasteiger partial charge in [-0.25, -0.2) is 13.8 Å². The highest BCUT2D eigenvalue weighted by molar-refractivity contribution is 7.77. The molecule has 0 aliphatic carbocycles. The van der Waals surface area contributed by atoms with Crippen LogP contribution in [0.3, 0.4) is 0 Å². The zero-order chi connectivity index (χ0) is 20.9. The van der Waals surface area contributed by atoms with Gasteiger partial charge >= 0.3 is 0 Å². The normalized spacial score (nSPS) is 16.6. The zero-order valence-electron chi connectivity index (χ0n) is 16.4. The van der Waals surface area contributed by atoms with Crippen LogP contribution >= 0.6 is 0 Å². The second-order valence-corrected chi connectivity index (χ2v) is 8.17. The summed E-state index contributed by atoms with van der Waals surface area (Å²) in [6.45, 7) is 2.36. The number of para-hydroxylation sites is 1. The van der Waals surface area contributed by atoms with Crippen LogP contribution in [-0.2, 0) is 24.4 Å². The minimum Gasteiger partial charge on any atom is -0.760 e. The molecule has 9 heteroatoms. The van der Waals surface area contributed by atoms with E-state index in [1.54, 1.807) is 22.9 Å². The van der Waals surface area contributed by atoms with Gasteiger partial charge in [0.1, 0.15) is 5.82 Å². The van der Waals surface area contributed by atoms with Gasteiger partial charge in [-0.15, -0.1) is 5.10 Å². The molecule has 1 fully saturated rings. The van der Waals surface area contributed by atoms with E-state index in [1.165, 1.54) is 0 Å². The van der Waals surface area contributed by atoms with Crippen LogP contribution in [0.5, 0.6) is 0 Å². The molecule has 0 bridgehead atoms. The molecule has 1 aromatic heterocycles. The summed E-state index contributed by atoms with van der Waals surface area (Å²) < 4.78 is 40.2. The number of halogens is 1. The first-order valence-electron chi connectivity index (χ1n) is 9.89. The van der Waals surface area contributed by atoms with Crippen LogP contribution in [-0.4, -0.2) is 41.7 Å². The maximum atomic E-state index is 14.8. The van der Waals surface area contributed by atoms with Crippen LogP contribution < -0.4 is 4.72 Å². The maximum absolute atomic E-state index is 14.8. The standard InChI is InChI=1S/C21H24FN5O2S/c22-21-17(13-23-30(28)29)5-4-8-20(21)16-9-11-26(12-10-16)14-18-15-27(25-24-18)19-6-2-1-3-7-19/h1-8,15-16,23H,9-14H2,(H,28,29)/p-1. The molecule has 0 amide bonds. The van der Waals surface area contributed by atoms with Crippen molar-refractivity contribution in [2.75, 3.05) is 13.1 Å². The van der Waals surface area contributed by atoms with Crippen LogP contribution in [0.1, 0.15) is 35.6 Å². The van der Waals surface area contributed by atoms with Crippen LogP contribution in [0.15, 0.2) is 54.7 Å². The number of aromatic nitrogens is 3. The highest BCUT2D eigenvalue weighted by atomic mass is 32.2. The predicted octanol–water partition coefficient (Wildman–Crippen LogP) is 2.67. The van der Waals surface area contributed by atoms with Gasteiger partial charge in [0.25, 0.3) is 0 Å². The third-order valence-corrected chi connectivity index (χ3v) is 5.84. The SMILES string of the molecule is O=S([O-])NCc1cccc(C2CCN(Cc3cn(-c4ccccc4)nn3)CC2)c1F. The summed E-state index contributed by atoms with van der Waals surface area (Å²) in [4.78, 5) is 2.31. The van der Waals surface area contributed by atoms with Gasteiger partial charge in [-0.3, -0.25) is 9.11 Å². The minimum absolute atomic E-state index is 0.0360. The summed E-state index contributed by atoms with van der Waals surface area (Å²) >= 11 is -2.41. The fourth-order valence-electron chi connectivity index (χ4n) is 3.90. The van der Waals surface area contributed by atoms with Crippen molar-refractivity contribution in [3.63, 3.8) is 0 Å². The van der Waals surface area contributed by atoms with Gasteiger partial charge in [0.2, 0.25) is 0 Å². The fraction of sp³-hybridized carbons (Fsp3) is 0.333. The summed E-state index contributed by atoms with van der Waals surface area (Å²) in [5, 5.41) is 8.48. The van der Waals surface area contributed by atoms with Crippen molar-refractivity contribution in [2.24, 2.45) is 0 Å². The lowest BCUT2D eigenvalue weighted by Gasteiger charge is -2.32. The third kappa shape index (κ3) is 4.99. The number of nitrogens with zero attached hydrogens (tertiary/aromatic N) is 4. The second kappa shape index (κ2) is 9.57. The average molecular weight is 429 g/mol. The van der Waals surface area contributed by atoms with E-state index in [9.17, 15) is 13.2 Å². The Labute approximate surface area is 177 Å². The number of hydrogen-bond acceptors (Lipinski definition) is 5. The van der Waals surface area contributed by atoms with Gasteiger partial charge in [-0.05, 0) is 49.5 Å². The largest absolute Gasteiger partial charge is 0.760 e. The maximum Gasteiger partial charge on any atom is 0.131 e. The number of piperidine rings is 1. The number of rotatable bonds is 7. The summed E-state index contributed by atoms with van der Waals surface area (Å²) in [7, 11) is 0. The van der Waals surface area contributed by atoms with Crippen LogP contribution in [0.25, 0.3) is 5.69 Å². The number of likely N-dealkylation sites (tertiary alicyclic amines) is 1. The van der Waals surface area contributed by atoms with Crippen LogP contribution in [0.4, 0.5) is 4.39 Å². The minimum atomic E-state index is -2.41. The molecule has 1 unspecified atom stereocenters. The molecular weight excluding hydrogens is 405 g/mol. The Morgan fingerprint density at radius 3 is 2.63 bits per heavy atom. The van der Waals surface area contributed by atoms with Gasteiger partial charge in [0, 0.05) is 29.9 Å². The van der Waals surface area contributed by atoms with Crippen LogP contribution in [0, 0.1) is 5.82 Å². The quantitative estimate of drug-likeness (QED) is 0.585. The first-order chi connectivity index (χ1) is 14.6. The molecule has 1 atom stereocenters. The highest BCUT2D eigenvalue weighted by Crippen LogP contribution is 2.31. The molecule has 1 saturated heterocycles. The predicted molar refractivity (Wildman–Crippen MR) is 111 cm³/mol. The first-order valence-corrected chi connectivity index (χ1v) is 11.0. The highest BCUT2D eigenvalue weighted by Gasteiger charge is 2.24. The molecule has 1 N–H and O–H groups in total. The summed E-state index contributed by atoms with van der Waals surface area (Å²) in [6, 6.07) is 15.1. The average Bonchev–Trinajstić information content (AvgIpc) is 3.23. The Balaban J connectivity index is 1.35. The van der Waals surface area contributed by atoms with E-state index in [1.807, 2.05) is 36.5 Å². The molecule has 1 aliphatic rings. The summed E-state index contributed by atoms with van der Waals surface area (Å²) in [5.74, 6) is -0.182. The molecule has 2 heterocycles. The van der Waals surface area contributed by atoms with Crippen molar-refractivity contribution in [1.82, 2.24) is 24.6 Å². The Morgan fingerprint density at radius 2 is 1.90 bits per heavy atom. The smallest absolute Gasteiger partial charge is 0.131 e. The van der Waals surface area contributed by atoms with Crippen molar-refractivity contribution >= 4 is 11.3 Å². The number of nitrogens with one attached hydrogen (secondary N) is 1. The lowest BCUT2D eigenvalue weighted by atomic mass is 9.88. The molecule has 30 heavy (non-hydrogen) atoms. The van der Waals surface area contributed by atoms with Gasteiger partial charge in [0.05, 0.1) is 17.6 Å². The molecule has 4 rings (SSSR count). The van der Waals surface area contributed by atoms with E-state index in [0.29, 0.717) is 17.7 Å². The first kappa shape index (κ1) is 20.8. The van der Waals surface area contributed by atoms with E-state index in [4.69, 9.17) is 0 Å². The summed E-state index contributed by atoms with van der Waals surface area (Å²) in [5.41, 5.74) is 2.92. The molecule has 158 valence electrons. The van der Waals surface area contributed by atoms with Crippen molar-refractivity contribution in [1.29, 1.82) is 0 Å². The summed E-state index contributed by atoms with van der Waals surface area (Å²) in [6.07, 6.45) is 3.62. The molecule has 0 spiro atoms. The zero-order valence-corrected chi connectivity index (χ0v) is 17.2. The van der Waals surface area contributed by atoms with Crippen LogP contribution in [0.2, 0.25) is 0 Å². The molecule has 1 aliphatic heterocycles. The molecule has 0 saturated carbocycles. The van der Waals surface area contributed by atoms with Gasteiger partial charge in [-0.1, -0.05) is 41.6 Å². The van der Waals surface area contributed by atoms with Gasteiger partial charge in [-0.2, -0.15) is 0 Å². The topological polar surface area (TPSA) is 86.1 Å². The van der Waals surface area contributed by atoms with Gasteiger partial charge < -0.3 is 4.55 Å². The van der Waals surface area contributed by atoms with Crippen molar-refractivity contribution in [3.05, 3.63) is 77.4 Å². The lowest BCUT2D eigenvalue weighted by molar-refractivity contribution is 0.201. The molecular formula is C21H23FN5O2S-. The fourth-order valence-corrected chi connectivity index (χ4v) is 4.17. The Kier molecular flexibility index (Phi) is 6.63. The van der Waals surface area contributed by atoms with E-state index < -0.39 is 11.3 Å². The Morgan fingerprint density at radius 1 is 1.13 bits per heavy atom. The Bertz CT molecular complexity index is 1010. The molecule has 2 aromatic carbocycles. The molecule has 7 nitrogen and oxygen atoms in total. The molecule has 3 aromatic rings. The van der Waals surface area contributed by atoms with E-state index in [2.05, 4.69) is 19.9 Å². The van der Waals surface area contributed by atoms with E-state index >= 15 is 0 Å². The third-order valence-electron chi connectivity index (χ3n) is 5.46. The van der Waals surface area contributed by atoms with Crippen molar-refractivity contribution in [2.45, 2.75) is 31.8 Å². The second-order valence-electron chi connectivity index (χ2n) is 7.42. The van der Waals surface area contributed by atoms with E-state index in [-0.39, 0.29) is 18.3 Å². The Hall–Kier alpha value is -2.46. The van der Waals surface area contributed by atoms with Gasteiger partial charge in [0.15, 0.2) is 0 Å².